The molecule has 0 radical (unpaired) electrons. The van der Waals surface area contributed by atoms with Gasteiger partial charge in [-0.1, -0.05) is 24.3 Å². The van der Waals surface area contributed by atoms with Gasteiger partial charge in [0.1, 0.15) is 0 Å². The molecule has 0 spiro atoms. The fourth-order valence-electron chi connectivity index (χ4n) is 2.18. The molecule has 0 heterocycles. The summed E-state index contributed by atoms with van der Waals surface area (Å²) < 4.78 is 23.9. The molecule has 0 bridgehead atoms. The number of carbonyl (C=O) groups is 1. The second-order valence-electron chi connectivity index (χ2n) is 6.93. The van der Waals surface area contributed by atoms with Crippen LogP contribution in [0.4, 0.5) is 5.69 Å². The van der Waals surface area contributed by atoms with Gasteiger partial charge in [0.05, 0.1) is 16.1 Å². The number of sulfone groups is 1. The maximum absolute atomic E-state index is 12.3. The first-order chi connectivity index (χ1) is 11.6. The molecular weight excluding hydrogens is 338 g/mol. The number of hydrogen-bond acceptors (Lipinski definition) is 4. The standard InChI is InChI=1S/C19H23NO4S/c1-19(2,3)25(23,24)13-15-5-4-6-17(11-15)20-12-14-7-9-16(10-8-14)18(21)22/h4-11,20H,12-13H2,1-3H3,(H,21,22). The number of aromatic carboxylic acids is 1. The number of carboxylic acids is 1. The number of anilines is 1. The van der Waals surface area contributed by atoms with Crippen molar-refractivity contribution in [2.45, 2.75) is 37.8 Å². The molecule has 0 aromatic heterocycles. The summed E-state index contributed by atoms with van der Waals surface area (Å²) in [6.45, 7) is 5.62. The molecule has 2 rings (SSSR count). The van der Waals surface area contributed by atoms with Crippen LogP contribution in [-0.2, 0) is 22.1 Å². The molecule has 6 heteroatoms. The van der Waals surface area contributed by atoms with Crippen LogP contribution >= 0.6 is 0 Å². The smallest absolute Gasteiger partial charge is 0.335 e. The van der Waals surface area contributed by atoms with E-state index in [1.165, 1.54) is 0 Å². The Morgan fingerprint density at radius 3 is 2.24 bits per heavy atom. The maximum atomic E-state index is 12.3. The quantitative estimate of drug-likeness (QED) is 0.819. The van der Waals surface area contributed by atoms with Gasteiger partial charge in [-0.3, -0.25) is 0 Å². The largest absolute Gasteiger partial charge is 0.478 e. The van der Waals surface area contributed by atoms with Gasteiger partial charge in [0.15, 0.2) is 9.84 Å². The van der Waals surface area contributed by atoms with Crippen LogP contribution in [0.3, 0.4) is 0 Å². The molecule has 2 aromatic rings. The van der Waals surface area contributed by atoms with E-state index in [-0.39, 0.29) is 11.3 Å². The number of hydrogen-bond donors (Lipinski definition) is 2. The Bertz CT molecular complexity index is 850. The fraction of sp³-hybridized carbons (Fsp3) is 0.316. The van der Waals surface area contributed by atoms with Crippen molar-refractivity contribution in [2.75, 3.05) is 5.32 Å². The highest BCUT2D eigenvalue weighted by Gasteiger charge is 2.28. The van der Waals surface area contributed by atoms with E-state index in [1.54, 1.807) is 51.1 Å². The second-order valence-corrected chi connectivity index (χ2v) is 9.67. The molecule has 0 aliphatic heterocycles. The molecule has 25 heavy (non-hydrogen) atoms. The summed E-state index contributed by atoms with van der Waals surface area (Å²) in [5.41, 5.74) is 2.75. The number of rotatable bonds is 6. The lowest BCUT2D eigenvalue weighted by Gasteiger charge is -2.19. The Morgan fingerprint density at radius 1 is 1.04 bits per heavy atom. The molecule has 134 valence electrons. The van der Waals surface area contributed by atoms with E-state index >= 15 is 0 Å². The zero-order valence-electron chi connectivity index (χ0n) is 14.6. The van der Waals surface area contributed by atoms with Crippen molar-refractivity contribution >= 4 is 21.5 Å². The molecule has 0 fully saturated rings. The summed E-state index contributed by atoms with van der Waals surface area (Å²) in [6.07, 6.45) is 0. The highest BCUT2D eigenvalue weighted by atomic mass is 32.2. The molecule has 2 aromatic carbocycles. The van der Waals surface area contributed by atoms with Crippen LogP contribution in [0.5, 0.6) is 0 Å². The van der Waals surface area contributed by atoms with Gasteiger partial charge >= 0.3 is 5.97 Å². The van der Waals surface area contributed by atoms with Crippen LogP contribution in [-0.4, -0.2) is 24.2 Å². The summed E-state index contributed by atoms with van der Waals surface area (Å²) in [4.78, 5) is 10.8. The minimum Gasteiger partial charge on any atom is -0.478 e. The Morgan fingerprint density at radius 2 is 1.68 bits per heavy atom. The van der Waals surface area contributed by atoms with Crippen LogP contribution in [0.2, 0.25) is 0 Å². The lowest BCUT2D eigenvalue weighted by Crippen LogP contribution is -2.29. The number of carboxylic acid groups (broad SMARTS) is 1. The predicted molar refractivity (Wildman–Crippen MR) is 99.5 cm³/mol. The molecule has 0 amide bonds. The van der Waals surface area contributed by atoms with E-state index in [4.69, 9.17) is 5.11 Å². The van der Waals surface area contributed by atoms with Gasteiger partial charge in [-0.2, -0.15) is 0 Å². The van der Waals surface area contributed by atoms with E-state index in [0.717, 1.165) is 16.8 Å². The monoisotopic (exact) mass is 361 g/mol. The topological polar surface area (TPSA) is 83.5 Å². The van der Waals surface area contributed by atoms with E-state index < -0.39 is 20.6 Å². The van der Waals surface area contributed by atoms with E-state index in [2.05, 4.69) is 5.32 Å². The van der Waals surface area contributed by atoms with Crippen LogP contribution in [0.15, 0.2) is 48.5 Å². The van der Waals surface area contributed by atoms with Crippen molar-refractivity contribution < 1.29 is 18.3 Å². The molecule has 0 unspecified atom stereocenters. The summed E-state index contributed by atoms with van der Waals surface area (Å²) >= 11 is 0. The van der Waals surface area contributed by atoms with Gasteiger partial charge in [-0.15, -0.1) is 0 Å². The van der Waals surface area contributed by atoms with Crippen molar-refractivity contribution in [1.29, 1.82) is 0 Å². The third kappa shape index (κ3) is 5.06. The van der Waals surface area contributed by atoms with Crippen molar-refractivity contribution in [1.82, 2.24) is 0 Å². The van der Waals surface area contributed by atoms with Gasteiger partial charge in [-0.25, -0.2) is 13.2 Å². The predicted octanol–water partition coefficient (Wildman–Crippen LogP) is 3.71. The minimum absolute atomic E-state index is 0.000666. The summed E-state index contributed by atoms with van der Waals surface area (Å²) in [5.74, 6) is -0.952. The Balaban J connectivity index is 2.05. The van der Waals surface area contributed by atoms with Crippen LogP contribution in [0.25, 0.3) is 0 Å². The average Bonchev–Trinajstić information content (AvgIpc) is 2.52. The van der Waals surface area contributed by atoms with E-state index in [9.17, 15) is 13.2 Å². The van der Waals surface area contributed by atoms with Gasteiger partial charge in [0, 0.05) is 12.2 Å². The normalized spacial score (nSPS) is 12.0. The highest BCUT2D eigenvalue weighted by molar-refractivity contribution is 7.91. The third-order valence-electron chi connectivity index (χ3n) is 3.91. The van der Waals surface area contributed by atoms with Crippen molar-refractivity contribution in [2.24, 2.45) is 0 Å². The second kappa shape index (κ2) is 7.27. The zero-order valence-corrected chi connectivity index (χ0v) is 15.4. The average molecular weight is 361 g/mol. The Hall–Kier alpha value is -2.34. The molecule has 2 N–H and O–H groups in total. The fourth-order valence-corrected chi connectivity index (χ4v) is 3.23. The van der Waals surface area contributed by atoms with E-state index in [0.29, 0.717) is 6.54 Å². The minimum atomic E-state index is -3.23. The summed E-state index contributed by atoms with van der Waals surface area (Å²) in [6, 6.07) is 14.0. The van der Waals surface area contributed by atoms with Gasteiger partial charge in [0.25, 0.3) is 0 Å². The van der Waals surface area contributed by atoms with Crippen molar-refractivity contribution in [3.8, 4) is 0 Å². The zero-order chi connectivity index (χ0) is 18.7. The van der Waals surface area contributed by atoms with Crippen LogP contribution in [0, 0.1) is 0 Å². The first kappa shape index (κ1) is 19.0. The van der Waals surface area contributed by atoms with Gasteiger partial charge < -0.3 is 10.4 Å². The highest BCUT2D eigenvalue weighted by Crippen LogP contribution is 2.22. The van der Waals surface area contributed by atoms with Crippen molar-refractivity contribution in [3.63, 3.8) is 0 Å². The molecule has 0 saturated heterocycles. The molecule has 5 nitrogen and oxygen atoms in total. The Labute approximate surface area is 148 Å². The summed E-state index contributed by atoms with van der Waals surface area (Å²) in [5, 5.41) is 12.1. The molecule has 0 aliphatic carbocycles. The van der Waals surface area contributed by atoms with Crippen molar-refractivity contribution in [3.05, 3.63) is 65.2 Å². The van der Waals surface area contributed by atoms with E-state index in [1.807, 2.05) is 18.2 Å². The molecule has 0 aliphatic rings. The third-order valence-corrected chi connectivity index (χ3v) is 6.49. The molecular formula is C19H23NO4S. The number of benzene rings is 2. The molecule has 0 saturated carbocycles. The van der Waals surface area contributed by atoms with Crippen LogP contribution < -0.4 is 5.32 Å². The summed E-state index contributed by atoms with van der Waals surface area (Å²) in [7, 11) is -3.23. The lowest BCUT2D eigenvalue weighted by atomic mass is 10.1. The number of nitrogens with one attached hydrogen (secondary N) is 1. The first-order valence-corrected chi connectivity index (χ1v) is 9.61. The Kier molecular flexibility index (Phi) is 5.52. The van der Waals surface area contributed by atoms with Gasteiger partial charge in [-0.05, 0) is 56.2 Å². The van der Waals surface area contributed by atoms with Gasteiger partial charge in [0.2, 0.25) is 0 Å². The maximum Gasteiger partial charge on any atom is 0.335 e. The SMILES string of the molecule is CC(C)(C)S(=O)(=O)Cc1cccc(NCc2ccc(C(=O)O)cc2)c1. The molecule has 0 atom stereocenters. The lowest BCUT2D eigenvalue weighted by molar-refractivity contribution is 0.0697. The van der Waals surface area contributed by atoms with Crippen LogP contribution in [0.1, 0.15) is 42.3 Å². The first-order valence-electron chi connectivity index (χ1n) is 7.96.